The van der Waals surface area contributed by atoms with E-state index < -0.39 is 8.07 Å². The van der Waals surface area contributed by atoms with Crippen molar-refractivity contribution in [1.82, 2.24) is 5.32 Å². The number of benzene rings is 1. The zero-order valence-electron chi connectivity index (χ0n) is 36.7. The van der Waals surface area contributed by atoms with Gasteiger partial charge in [0.1, 0.15) is 0 Å². The molecule has 1 aromatic rings. The van der Waals surface area contributed by atoms with Gasteiger partial charge in [-0.25, -0.2) is 4.79 Å². The van der Waals surface area contributed by atoms with Crippen LogP contribution in [-0.4, -0.2) is 45.7 Å². The number of ether oxygens (including phenoxy) is 2. The highest BCUT2D eigenvalue weighted by molar-refractivity contribution is 6.76. The fourth-order valence-corrected chi connectivity index (χ4v) is 15.2. The van der Waals surface area contributed by atoms with Gasteiger partial charge in [0.05, 0.1) is 30.6 Å². The zero-order chi connectivity index (χ0) is 40.2. The summed E-state index contributed by atoms with van der Waals surface area (Å²) < 4.78 is 11.0. The Morgan fingerprint density at radius 2 is 1.51 bits per heavy atom. The molecule has 6 rings (SSSR count). The van der Waals surface area contributed by atoms with Crippen LogP contribution >= 0.6 is 0 Å². The van der Waals surface area contributed by atoms with E-state index in [0.29, 0.717) is 66.7 Å². The van der Waals surface area contributed by atoms with Crippen molar-refractivity contribution in [2.24, 2.45) is 62.6 Å². The monoisotopic (exact) mass is 776 g/mol. The van der Waals surface area contributed by atoms with Gasteiger partial charge in [0.15, 0.2) is 0 Å². The molecule has 55 heavy (non-hydrogen) atoms. The topological polar surface area (TPSA) is 81.7 Å². The average Bonchev–Trinajstić information content (AvgIpc) is 3.52. The van der Waals surface area contributed by atoms with Crippen LogP contribution in [0.3, 0.4) is 0 Å². The summed E-state index contributed by atoms with van der Waals surface area (Å²) in [5.74, 6) is 3.62. The van der Waals surface area contributed by atoms with E-state index in [0.717, 1.165) is 38.1 Å². The van der Waals surface area contributed by atoms with Crippen LogP contribution in [0.15, 0.2) is 24.3 Å². The second-order valence-corrected chi connectivity index (χ2v) is 27.6. The van der Waals surface area contributed by atoms with Crippen LogP contribution in [0.4, 0.5) is 0 Å². The van der Waals surface area contributed by atoms with Crippen LogP contribution in [0.25, 0.3) is 0 Å². The first-order valence-corrected chi connectivity index (χ1v) is 26.2. The first-order valence-electron chi connectivity index (χ1n) is 22.5. The van der Waals surface area contributed by atoms with Crippen LogP contribution in [0.2, 0.25) is 25.7 Å². The molecule has 0 aliphatic heterocycles. The SMILES string of the molecule is CCCOC(=O)CCNC(=O)[C@]12CC[C@@H](C(C)C)[C@@H]1[C@H]1CC[C@@H]3[C@@]4(C)CC[C@H](c5ccc(C(=O)OCC[Si](C)(C)C)cc5)C(C)(C)[C@@H]4CC[C@@]3(C)[C@]1(C)CC2. The Bertz CT molecular complexity index is 1560. The van der Waals surface area contributed by atoms with Crippen LogP contribution in [-0.2, 0) is 19.1 Å². The van der Waals surface area contributed by atoms with Crippen molar-refractivity contribution in [2.45, 2.75) is 164 Å². The zero-order valence-corrected chi connectivity index (χ0v) is 37.7. The number of esters is 2. The minimum absolute atomic E-state index is 0.141. The predicted octanol–water partition coefficient (Wildman–Crippen LogP) is 11.5. The van der Waals surface area contributed by atoms with Gasteiger partial charge in [0.25, 0.3) is 0 Å². The predicted molar refractivity (Wildman–Crippen MR) is 225 cm³/mol. The van der Waals surface area contributed by atoms with Gasteiger partial charge in [0.2, 0.25) is 5.91 Å². The summed E-state index contributed by atoms with van der Waals surface area (Å²) in [7, 11) is -1.26. The summed E-state index contributed by atoms with van der Waals surface area (Å²) in [5, 5.41) is 3.28. The quantitative estimate of drug-likeness (QED) is 0.169. The number of carbonyl (C=O) groups excluding carboxylic acids is 3. The molecule has 5 saturated carbocycles. The van der Waals surface area contributed by atoms with Crippen LogP contribution in [0.5, 0.6) is 0 Å². The summed E-state index contributed by atoms with van der Waals surface area (Å²) in [5.41, 5.74) is 2.55. The molecular formula is C48H77NO5Si. The Balaban J connectivity index is 1.20. The minimum Gasteiger partial charge on any atom is -0.466 e. The number of fused-ring (bicyclic) bond motifs is 7. The van der Waals surface area contributed by atoms with Crippen molar-refractivity contribution < 1.29 is 23.9 Å². The first kappa shape index (κ1) is 42.5. The molecule has 0 heterocycles. The lowest BCUT2D eigenvalue weighted by atomic mass is 9.31. The number of nitrogens with one attached hydrogen (secondary N) is 1. The fraction of sp³-hybridized carbons (Fsp3) is 0.812. The Kier molecular flexibility index (Phi) is 12.0. The summed E-state index contributed by atoms with van der Waals surface area (Å²) >= 11 is 0. The largest absolute Gasteiger partial charge is 0.466 e. The highest BCUT2D eigenvalue weighted by Gasteiger charge is 2.72. The third-order valence-corrected chi connectivity index (χ3v) is 19.2. The summed E-state index contributed by atoms with van der Waals surface area (Å²) in [6.45, 7) is 28.2. The number of rotatable bonds is 12. The average molecular weight is 776 g/mol. The molecule has 0 aromatic heterocycles. The Hall–Kier alpha value is -2.15. The van der Waals surface area contributed by atoms with Crippen molar-refractivity contribution >= 4 is 25.9 Å². The van der Waals surface area contributed by atoms with Crippen LogP contribution < -0.4 is 5.32 Å². The third-order valence-electron chi connectivity index (χ3n) is 17.5. The Labute approximate surface area is 335 Å². The molecule has 6 nitrogen and oxygen atoms in total. The molecule has 0 bridgehead atoms. The molecule has 1 aromatic carbocycles. The van der Waals surface area contributed by atoms with Crippen molar-refractivity contribution in [3.63, 3.8) is 0 Å². The van der Waals surface area contributed by atoms with Crippen LogP contribution in [0.1, 0.15) is 154 Å². The van der Waals surface area contributed by atoms with Gasteiger partial charge in [0, 0.05) is 14.6 Å². The third kappa shape index (κ3) is 7.41. The van der Waals surface area contributed by atoms with Gasteiger partial charge >= 0.3 is 11.9 Å². The van der Waals surface area contributed by atoms with E-state index in [-0.39, 0.29) is 51.3 Å². The molecule has 0 saturated heterocycles. The number of amides is 1. The van der Waals surface area contributed by atoms with Crippen molar-refractivity contribution in [3.8, 4) is 0 Å². The molecule has 5 aliphatic carbocycles. The maximum Gasteiger partial charge on any atom is 0.338 e. The first-order chi connectivity index (χ1) is 25.7. The molecule has 7 heteroatoms. The smallest absolute Gasteiger partial charge is 0.338 e. The maximum atomic E-state index is 14.4. The maximum absolute atomic E-state index is 14.4. The van der Waals surface area contributed by atoms with E-state index in [1.165, 1.54) is 44.1 Å². The summed E-state index contributed by atoms with van der Waals surface area (Å²) in [6, 6.07) is 9.45. The molecule has 0 radical (unpaired) electrons. The van der Waals surface area contributed by atoms with Gasteiger partial charge in [-0.15, -0.1) is 0 Å². The standard InChI is InChI=1S/C48H77NO5Si/c1-12-29-53-40(50)22-28-49-43(52)48-25-19-35(32(2)3)41(48)37-17-18-39-45(6)23-20-36(33-13-15-34(16-14-33)42(51)54-30-31-55(9,10)11)44(4,5)38(45)21-24-47(39,8)46(37,7)26-27-48/h13-16,32,35-39,41H,12,17-31H2,1-11H3,(H,49,52)/t35-,36+,37+,38-,39+,41+,45-,46+,47+,48-/m0/s1. The highest BCUT2D eigenvalue weighted by Crippen LogP contribution is 2.78. The van der Waals surface area contributed by atoms with E-state index >= 15 is 0 Å². The van der Waals surface area contributed by atoms with Gasteiger partial charge in [-0.3, -0.25) is 9.59 Å². The van der Waals surface area contributed by atoms with E-state index in [2.05, 4.69) is 85.6 Å². The van der Waals surface area contributed by atoms with E-state index in [9.17, 15) is 14.4 Å². The summed E-state index contributed by atoms with van der Waals surface area (Å²) in [6.07, 6.45) is 12.7. The molecule has 1 amide bonds. The molecule has 0 unspecified atom stereocenters. The number of hydrogen-bond donors (Lipinski definition) is 1. The van der Waals surface area contributed by atoms with Gasteiger partial charge in [-0.1, -0.05) is 87.2 Å². The normalized spacial score (nSPS) is 37.9. The lowest BCUT2D eigenvalue weighted by Gasteiger charge is -2.73. The molecule has 1 N–H and O–H groups in total. The lowest BCUT2D eigenvalue weighted by molar-refractivity contribution is -0.239. The second-order valence-electron chi connectivity index (χ2n) is 22.0. The molecular weight excluding hydrogens is 699 g/mol. The van der Waals surface area contributed by atoms with Crippen molar-refractivity contribution in [3.05, 3.63) is 35.4 Å². The molecule has 308 valence electrons. The Morgan fingerprint density at radius 3 is 2.16 bits per heavy atom. The highest BCUT2D eigenvalue weighted by atomic mass is 28.3. The number of carbonyl (C=O) groups is 3. The minimum atomic E-state index is -1.26. The van der Waals surface area contributed by atoms with E-state index in [4.69, 9.17) is 9.47 Å². The van der Waals surface area contributed by atoms with E-state index in [1.54, 1.807) is 0 Å². The van der Waals surface area contributed by atoms with Crippen molar-refractivity contribution in [2.75, 3.05) is 19.8 Å². The molecule has 10 atom stereocenters. The molecule has 5 fully saturated rings. The molecule has 5 aliphatic rings. The van der Waals surface area contributed by atoms with Gasteiger partial charge in [-0.2, -0.15) is 0 Å². The molecule has 0 spiro atoms. The second kappa shape index (κ2) is 15.5. The Morgan fingerprint density at radius 1 is 0.800 bits per heavy atom. The van der Waals surface area contributed by atoms with Gasteiger partial charge in [-0.05, 0) is 157 Å². The fourth-order valence-electron chi connectivity index (χ4n) is 14.5. The lowest BCUT2D eigenvalue weighted by Crippen LogP contribution is -2.67. The van der Waals surface area contributed by atoms with Crippen molar-refractivity contribution in [1.29, 1.82) is 0 Å². The van der Waals surface area contributed by atoms with Gasteiger partial charge < -0.3 is 14.8 Å². The van der Waals surface area contributed by atoms with E-state index in [1.807, 2.05) is 19.1 Å². The summed E-state index contributed by atoms with van der Waals surface area (Å²) in [4.78, 5) is 39.6. The van der Waals surface area contributed by atoms with Crippen LogP contribution in [0, 0.1) is 62.6 Å². The number of hydrogen-bond acceptors (Lipinski definition) is 5.